The van der Waals surface area contributed by atoms with Crippen LogP contribution in [0.3, 0.4) is 0 Å². The van der Waals surface area contributed by atoms with E-state index < -0.39 is 0 Å². The van der Waals surface area contributed by atoms with Gasteiger partial charge in [-0.3, -0.25) is 0 Å². The maximum Gasteiger partial charge on any atom is 0.139 e. The second-order valence-corrected chi connectivity index (χ2v) is 7.02. The van der Waals surface area contributed by atoms with Crippen LogP contribution in [-0.2, 0) is 6.42 Å². The molecule has 3 aromatic rings. The van der Waals surface area contributed by atoms with Crippen molar-refractivity contribution in [2.75, 3.05) is 0 Å². The van der Waals surface area contributed by atoms with Crippen LogP contribution in [-0.4, -0.2) is 0 Å². The van der Waals surface area contributed by atoms with Crippen molar-refractivity contribution >= 4 is 0 Å². The SMILES string of the molecule is CCCC#Cc1ccc(C#Cc2ccc(-c3ccc(CCC)cc3)cc2F)cc1. The quantitative estimate of drug-likeness (QED) is 0.428. The van der Waals surface area contributed by atoms with Crippen LogP contribution in [0.15, 0.2) is 66.7 Å². The molecule has 0 fully saturated rings. The molecule has 0 amide bonds. The van der Waals surface area contributed by atoms with Crippen LogP contribution < -0.4 is 0 Å². The number of halogens is 1. The molecular formula is C28H25F. The Kier molecular flexibility index (Phi) is 7.27. The van der Waals surface area contributed by atoms with Crippen molar-refractivity contribution in [1.29, 1.82) is 0 Å². The topological polar surface area (TPSA) is 0 Å². The van der Waals surface area contributed by atoms with Crippen molar-refractivity contribution in [3.05, 3.63) is 94.8 Å². The molecule has 0 nitrogen and oxygen atoms in total. The van der Waals surface area contributed by atoms with E-state index in [9.17, 15) is 4.39 Å². The first-order valence-corrected chi connectivity index (χ1v) is 10.2. The summed E-state index contributed by atoms with van der Waals surface area (Å²) in [5.41, 5.74) is 5.42. The summed E-state index contributed by atoms with van der Waals surface area (Å²) in [6, 6.07) is 21.3. The van der Waals surface area contributed by atoms with Gasteiger partial charge in [0.25, 0.3) is 0 Å². The summed E-state index contributed by atoms with van der Waals surface area (Å²) in [6.45, 7) is 4.28. The Morgan fingerprint density at radius 3 is 1.97 bits per heavy atom. The Morgan fingerprint density at radius 1 is 0.690 bits per heavy atom. The highest BCUT2D eigenvalue weighted by Gasteiger charge is 2.04. The molecule has 0 unspecified atom stereocenters. The van der Waals surface area contributed by atoms with Crippen molar-refractivity contribution in [3.8, 4) is 34.8 Å². The van der Waals surface area contributed by atoms with Crippen molar-refractivity contribution in [1.82, 2.24) is 0 Å². The number of hydrogen-bond donors (Lipinski definition) is 0. The van der Waals surface area contributed by atoms with Gasteiger partial charge in [0.15, 0.2) is 0 Å². The number of benzene rings is 3. The first kappa shape index (κ1) is 20.4. The molecule has 0 aromatic heterocycles. The highest BCUT2D eigenvalue weighted by atomic mass is 19.1. The normalized spacial score (nSPS) is 9.90. The van der Waals surface area contributed by atoms with E-state index in [4.69, 9.17) is 0 Å². The highest BCUT2D eigenvalue weighted by Crippen LogP contribution is 2.22. The molecule has 29 heavy (non-hydrogen) atoms. The summed E-state index contributed by atoms with van der Waals surface area (Å²) < 4.78 is 14.6. The molecule has 0 radical (unpaired) electrons. The van der Waals surface area contributed by atoms with E-state index in [1.165, 1.54) is 5.56 Å². The molecule has 0 atom stereocenters. The van der Waals surface area contributed by atoms with E-state index in [0.717, 1.165) is 47.9 Å². The standard InChI is InChI=1S/C28H25F/c1-3-5-6-8-23-9-11-24(12-10-23)15-18-26-19-20-27(21-28(26)29)25-16-13-22(7-4-2)14-17-25/h9-14,16-17,19-21H,3-5,7H2,1-2H3. The van der Waals surface area contributed by atoms with Gasteiger partial charge in [0.05, 0.1) is 5.56 Å². The maximum absolute atomic E-state index is 14.6. The smallest absolute Gasteiger partial charge is 0.139 e. The van der Waals surface area contributed by atoms with Gasteiger partial charge in [-0.15, -0.1) is 0 Å². The lowest BCUT2D eigenvalue weighted by Gasteiger charge is -2.05. The van der Waals surface area contributed by atoms with E-state index in [1.54, 1.807) is 12.1 Å². The predicted octanol–water partition coefficient (Wildman–Crippen LogP) is 7.00. The van der Waals surface area contributed by atoms with Gasteiger partial charge in [-0.1, -0.05) is 74.3 Å². The molecule has 144 valence electrons. The molecule has 3 rings (SSSR count). The lowest BCUT2D eigenvalue weighted by molar-refractivity contribution is 0.625. The summed E-state index contributed by atoms with van der Waals surface area (Å²) in [6.07, 6.45) is 4.15. The zero-order chi connectivity index (χ0) is 20.5. The molecule has 3 aromatic carbocycles. The Hall–Kier alpha value is -3.29. The van der Waals surface area contributed by atoms with Gasteiger partial charge in [-0.2, -0.15) is 0 Å². The van der Waals surface area contributed by atoms with Crippen LogP contribution in [0, 0.1) is 29.5 Å². The molecule has 0 N–H and O–H groups in total. The van der Waals surface area contributed by atoms with E-state index in [-0.39, 0.29) is 5.82 Å². The molecule has 0 heterocycles. The summed E-state index contributed by atoms with van der Waals surface area (Å²) in [5.74, 6) is 11.9. The van der Waals surface area contributed by atoms with Gasteiger partial charge < -0.3 is 0 Å². The average molecular weight is 381 g/mol. The maximum atomic E-state index is 14.6. The first-order valence-electron chi connectivity index (χ1n) is 10.2. The zero-order valence-electron chi connectivity index (χ0n) is 17.1. The van der Waals surface area contributed by atoms with Crippen LogP contribution in [0.2, 0.25) is 0 Å². The van der Waals surface area contributed by atoms with Crippen molar-refractivity contribution in [2.24, 2.45) is 0 Å². The molecule has 0 aliphatic carbocycles. The fourth-order valence-electron chi connectivity index (χ4n) is 3.01. The van der Waals surface area contributed by atoms with Crippen LogP contribution in [0.5, 0.6) is 0 Å². The fraction of sp³-hybridized carbons (Fsp3) is 0.214. The number of aryl methyl sites for hydroxylation is 1. The van der Waals surface area contributed by atoms with Gasteiger partial charge in [0.1, 0.15) is 5.82 Å². The van der Waals surface area contributed by atoms with Gasteiger partial charge >= 0.3 is 0 Å². The minimum absolute atomic E-state index is 0.297. The summed E-state index contributed by atoms with van der Waals surface area (Å²) in [5, 5.41) is 0. The minimum Gasteiger partial charge on any atom is -0.206 e. The van der Waals surface area contributed by atoms with Crippen LogP contribution in [0.4, 0.5) is 4.39 Å². The van der Waals surface area contributed by atoms with Crippen LogP contribution in [0.25, 0.3) is 11.1 Å². The number of hydrogen-bond acceptors (Lipinski definition) is 0. The molecule has 0 aliphatic rings. The Labute approximate surface area is 173 Å². The monoisotopic (exact) mass is 380 g/mol. The van der Waals surface area contributed by atoms with Crippen LogP contribution >= 0.6 is 0 Å². The molecule has 0 aliphatic heterocycles. The predicted molar refractivity (Wildman–Crippen MR) is 120 cm³/mol. The Morgan fingerprint density at radius 2 is 1.34 bits per heavy atom. The van der Waals surface area contributed by atoms with E-state index in [0.29, 0.717) is 5.56 Å². The molecule has 0 saturated carbocycles. The largest absolute Gasteiger partial charge is 0.206 e. The molecule has 0 spiro atoms. The van der Waals surface area contributed by atoms with Crippen molar-refractivity contribution < 1.29 is 4.39 Å². The highest BCUT2D eigenvalue weighted by molar-refractivity contribution is 5.65. The molecule has 1 heteroatoms. The van der Waals surface area contributed by atoms with Gasteiger partial charge in [-0.25, -0.2) is 4.39 Å². The summed E-state index contributed by atoms with van der Waals surface area (Å²) >= 11 is 0. The molecule has 0 saturated heterocycles. The molecular weight excluding hydrogens is 355 g/mol. The second-order valence-electron chi connectivity index (χ2n) is 7.02. The Bertz CT molecular complexity index is 1070. The van der Waals surface area contributed by atoms with Gasteiger partial charge in [0.2, 0.25) is 0 Å². The summed E-state index contributed by atoms with van der Waals surface area (Å²) in [4.78, 5) is 0. The third-order valence-corrected chi connectivity index (χ3v) is 4.63. The first-order chi connectivity index (χ1) is 14.2. The van der Waals surface area contributed by atoms with E-state index in [1.807, 2.05) is 30.3 Å². The van der Waals surface area contributed by atoms with Gasteiger partial charge in [-0.05, 0) is 65.9 Å². The van der Waals surface area contributed by atoms with Crippen LogP contribution in [0.1, 0.15) is 55.4 Å². The average Bonchev–Trinajstić information content (AvgIpc) is 2.75. The Balaban J connectivity index is 1.74. The molecule has 0 bridgehead atoms. The van der Waals surface area contributed by atoms with Crippen molar-refractivity contribution in [3.63, 3.8) is 0 Å². The fourth-order valence-corrected chi connectivity index (χ4v) is 3.01. The number of unbranched alkanes of at least 4 members (excludes halogenated alkanes) is 1. The third-order valence-electron chi connectivity index (χ3n) is 4.63. The lowest BCUT2D eigenvalue weighted by Crippen LogP contribution is -1.88. The minimum atomic E-state index is -0.297. The number of rotatable bonds is 4. The van der Waals surface area contributed by atoms with Crippen molar-refractivity contribution in [2.45, 2.75) is 39.5 Å². The lowest BCUT2D eigenvalue weighted by atomic mass is 10.0. The van der Waals surface area contributed by atoms with Gasteiger partial charge in [0, 0.05) is 17.5 Å². The second kappa shape index (κ2) is 10.3. The zero-order valence-corrected chi connectivity index (χ0v) is 17.1. The summed E-state index contributed by atoms with van der Waals surface area (Å²) in [7, 11) is 0. The van der Waals surface area contributed by atoms with E-state index >= 15 is 0 Å². The van der Waals surface area contributed by atoms with E-state index in [2.05, 4.69) is 61.8 Å². The third kappa shape index (κ3) is 5.84.